The molecule has 128 valence electrons. The van der Waals surface area contributed by atoms with E-state index in [1.54, 1.807) is 58.9 Å². The summed E-state index contributed by atoms with van der Waals surface area (Å²) in [6, 6.07) is 6.84. The Balaban J connectivity index is 2.84. The molecule has 1 aromatic rings. The van der Waals surface area contributed by atoms with Crippen molar-refractivity contribution in [2.75, 3.05) is 12.4 Å². The molecular weight excluding hydrogens is 298 g/mol. The monoisotopic (exact) mass is 323 g/mol. The van der Waals surface area contributed by atoms with Gasteiger partial charge < -0.3 is 14.6 Å². The molecule has 1 unspecified atom stereocenters. The van der Waals surface area contributed by atoms with Crippen LogP contribution >= 0.6 is 0 Å². The van der Waals surface area contributed by atoms with E-state index in [1.165, 1.54) is 7.11 Å². The van der Waals surface area contributed by atoms with Gasteiger partial charge in [-0.05, 0) is 38.5 Å². The highest BCUT2D eigenvalue weighted by atomic mass is 16.6. The van der Waals surface area contributed by atoms with Crippen molar-refractivity contribution in [3.63, 3.8) is 0 Å². The number of carbonyl (C=O) groups is 2. The van der Waals surface area contributed by atoms with E-state index in [2.05, 4.69) is 10.1 Å². The maximum Gasteiger partial charge on any atom is 0.412 e. The lowest BCUT2D eigenvalue weighted by atomic mass is 9.79. The second-order valence-corrected chi connectivity index (χ2v) is 6.85. The average molecular weight is 323 g/mol. The molecule has 1 amide bonds. The van der Waals surface area contributed by atoms with Crippen molar-refractivity contribution in [3.05, 3.63) is 29.8 Å². The van der Waals surface area contributed by atoms with Crippen LogP contribution in [-0.4, -0.2) is 36.0 Å². The second kappa shape index (κ2) is 7.00. The van der Waals surface area contributed by atoms with Gasteiger partial charge in [-0.15, -0.1) is 0 Å². The maximum absolute atomic E-state index is 11.7. The fourth-order valence-electron chi connectivity index (χ4n) is 1.97. The topological polar surface area (TPSA) is 84.9 Å². The number of aliphatic hydroxyl groups is 1. The molecule has 0 spiro atoms. The fraction of sp³-hybridized carbons (Fsp3) is 0.529. The number of carbonyl (C=O) groups excluding carboxylic acids is 2. The Kier molecular flexibility index (Phi) is 5.77. The highest BCUT2D eigenvalue weighted by molar-refractivity contribution is 5.85. The molecule has 0 heterocycles. The first-order valence-electron chi connectivity index (χ1n) is 7.34. The van der Waals surface area contributed by atoms with Gasteiger partial charge in [-0.2, -0.15) is 0 Å². The Hall–Kier alpha value is -2.08. The minimum Gasteiger partial charge on any atom is -0.467 e. The Bertz CT molecular complexity index is 557. The van der Waals surface area contributed by atoms with E-state index < -0.39 is 29.2 Å². The van der Waals surface area contributed by atoms with Crippen LogP contribution < -0.4 is 5.32 Å². The number of esters is 1. The molecule has 1 atom stereocenters. The second-order valence-electron chi connectivity index (χ2n) is 6.85. The fourth-order valence-corrected chi connectivity index (χ4v) is 1.97. The lowest BCUT2D eigenvalue weighted by Crippen LogP contribution is -2.40. The summed E-state index contributed by atoms with van der Waals surface area (Å²) in [5.41, 5.74) is -0.0924. The minimum absolute atomic E-state index is 0.542. The van der Waals surface area contributed by atoms with E-state index in [-0.39, 0.29) is 0 Å². The summed E-state index contributed by atoms with van der Waals surface area (Å²) in [6.07, 6.45) is -1.82. The smallest absolute Gasteiger partial charge is 0.412 e. The van der Waals surface area contributed by atoms with E-state index >= 15 is 0 Å². The van der Waals surface area contributed by atoms with E-state index in [0.717, 1.165) is 5.56 Å². The number of hydrogen-bond acceptors (Lipinski definition) is 5. The molecule has 6 nitrogen and oxygen atoms in total. The van der Waals surface area contributed by atoms with Crippen LogP contribution in [0.25, 0.3) is 0 Å². The zero-order valence-electron chi connectivity index (χ0n) is 14.5. The van der Waals surface area contributed by atoms with E-state index in [4.69, 9.17) is 4.74 Å². The summed E-state index contributed by atoms with van der Waals surface area (Å²) in [6.45, 7) is 8.83. The summed E-state index contributed by atoms with van der Waals surface area (Å²) in [4.78, 5) is 23.2. The number of anilines is 1. The van der Waals surface area contributed by atoms with Crippen LogP contribution in [0.4, 0.5) is 10.5 Å². The predicted molar refractivity (Wildman–Crippen MR) is 87.3 cm³/mol. The first-order chi connectivity index (χ1) is 10.5. The van der Waals surface area contributed by atoms with Crippen LogP contribution in [0.15, 0.2) is 24.3 Å². The number of methoxy groups -OCH3 is 1. The van der Waals surface area contributed by atoms with Gasteiger partial charge in [0.15, 0.2) is 6.10 Å². The average Bonchev–Trinajstić information content (AvgIpc) is 2.44. The summed E-state index contributed by atoms with van der Waals surface area (Å²) in [7, 11) is 1.23. The highest BCUT2D eigenvalue weighted by Crippen LogP contribution is 2.29. The van der Waals surface area contributed by atoms with E-state index in [1.807, 2.05) is 0 Å². The van der Waals surface area contributed by atoms with E-state index in [0.29, 0.717) is 5.69 Å². The largest absolute Gasteiger partial charge is 0.467 e. The number of nitrogens with one attached hydrogen (secondary N) is 1. The number of benzene rings is 1. The molecule has 0 saturated heterocycles. The Morgan fingerprint density at radius 3 is 2.04 bits per heavy atom. The molecule has 0 aromatic heterocycles. The standard InChI is InChI=1S/C17H25NO5/c1-16(2,3)23-15(21)18-12-9-7-11(8-10-12)17(4,5)13(19)14(20)22-6/h7-10,13,19H,1-6H3,(H,18,21). The molecule has 1 aromatic carbocycles. The summed E-state index contributed by atoms with van der Waals surface area (Å²) in [5, 5.41) is 12.7. The van der Waals surface area contributed by atoms with Gasteiger partial charge in [0, 0.05) is 11.1 Å². The van der Waals surface area contributed by atoms with Gasteiger partial charge in [-0.25, -0.2) is 9.59 Å². The Morgan fingerprint density at radius 2 is 1.61 bits per heavy atom. The summed E-state index contributed by atoms with van der Waals surface area (Å²) < 4.78 is 9.75. The summed E-state index contributed by atoms with van der Waals surface area (Å²) in [5.74, 6) is -0.689. The molecule has 0 aliphatic carbocycles. The number of rotatable bonds is 4. The van der Waals surface area contributed by atoms with Crippen LogP contribution in [0.3, 0.4) is 0 Å². The number of hydrogen-bond donors (Lipinski definition) is 2. The summed E-state index contributed by atoms with van der Waals surface area (Å²) >= 11 is 0. The third-order valence-electron chi connectivity index (χ3n) is 3.38. The van der Waals surface area contributed by atoms with Gasteiger partial charge in [0.05, 0.1) is 7.11 Å². The normalized spacial score (nSPS) is 13.2. The molecule has 23 heavy (non-hydrogen) atoms. The predicted octanol–water partition coefficient (Wildman–Crippen LogP) is 2.85. The number of aliphatic hydroxyl groups excluding tert-OH is 1. The van der Waals surface area contributed by atoms with Gasteiger partial charge >= 0.3 is 12.1 Å². The Labute approximate surface area is 136 Å². The van der Waals surface area contributed by atoms with Gasteiger partial charge in [0.25, 0.3) is 0 Å². The van der Waals surface area contributed by atoms with Gasteiger partial charge in [0.1, 0.15) is 5.60 Å². The van der Waals surface area contributed by atoms with Crippen molar-refractivity contribution in [1.29, 1.82) is 0 Å². The lowest BCUT2D eigenvalue weighted by Gasteiger charge is -2.29. The van der Waals surface area contributed by atoms with Crippen LogP contribution in [0.1, 0.15) is 40.2 Å². The van der Waals surface area contributed by atoms with Crippen molar-refractivity contribution in [3.8, 4) is 0 Å². The van der Waals surface area contributed by atoms with Crippen molar-refractivity contribution >= 4 is 17.7 Å². The van der Waals surface area contributed by atoms with Crippen molar-refractivity contribution < 1.29 is 24.2 Å². The third-order valence-corrected chi connectivity index (χ3v) is 3.38. The zero-order valence-corrected chi connectivity index (χ0v) is 14.5. The first-order valence-corrected chi connectivity index (χ1v) is 7.34. The molecular formula is C17H25NO5. The van der Waals surface area contributed by atoms with Crippen molar-refractivity contribution in [2.45, 2.75) is 51.7 Å². The Morgan fingerprint density at radius 1 is 1.09 bits per heavy atom. The molecule has 0 fully saturated rings. The molecule has 0 aliphatic rings. The first kappa shape index (κ1) is 19.0. The minimum atomic E-state index is -1.28. The van der Waals surface area contributed by atoms with Gasteiger partial charge in [-0.1, -0.05) is 26.0 Å². The molecule has 0 aliphatic heterocycles. The van der Waals surface area contributed by atoms with Crippen molar-refractivity contribution in [1.82, 2.24) is 0 Å². The van der Waals surface area contributed by atoms with Crippen LogP contribution in [0.5, 0.6) is 0 Å². The molecule has 1 rings (SSSR count). The molecule has 0 bridgehead atoms. The number of amides is 1. The molecule has 0 saturated carbocycles. The molecule has 0 radical (unpaired) electrons. The maximum atomic E-state index is 11.7. The van der Waals surface area contributed by atoms with Crippen LogP contribution in [0, 0.1) is 0 Å². The quantitative estimate of drug-likeness (QED) is 0.832. The van der Waals surface area contributed by atoms with Crippen LogP contribution in [-0.2, 0) is 19.7 Å². The molecule has 2 N–H and O–H groups in total. The van der Waals surface area contributed by atoms with Gasteiger partial charge in [0.2, 0.25) is 0 Å². The van der Waals surface area contributed by atoms with E-state index in [9.17, 15) is 14.7 Å². The number of ether oxygens (including phenoxy) is 2. The van der Waals surface area contributed by atoms with Crippen LogP contribution in [0.2, 0.25) is 0 Å². The third kappa shape index (κ3) is 5.25. The van der Waals surface area contributed by atoms with Gasteiger partial charge in [-0.3, -0.25) is 5.32 Å². The zero-order chi connectivity index (χ0) is 17.8. The molecule has 6 heteroatoms. The highest BCUT2D eigenvalue weighted by Gasteiger charge is 2.35. The van der Waals surface area contributed by atoms with Crippen molar-refractivity contribution in [2.24, 2.45) is 0 Å². The lowest BCUT2D eigenvalue weighted by molar-refractivity contribution is -0.153. The SMILES string of the molecule is COC(=O)C(O)C(C)(C)c1ccc(NC(=O)OC(C)(C)C)cc1.